The fourth-order valence-electron chi connectivity index (χ4n) is 2.55. The van der Waals surface area contributed by atoms with E-state index < -0.39 is 5.82 Å². The van der Waals surface area contributed by atoms with Crippen LogP contribution < -0.4 is 15.4 Å². The zero-order valence-corrected chi connectivity index (χ0v) is 17.8. The summed E-state index contributed by atoms with van der Waals surface area (Å²) in [7, 11) is 0. The van der Waals surface area contributed by atoms with Gasteiger partial charge in [0.25, 0.3) is 0 Å². The van der Waals surface area contributed by atoms with Crippen molar-refractivity contribution in [3.8, 4) is 11.5 Å². The number of carbonyl (C=O) groups is 1. The van der Waals surface area contributed by atoms with Gasteiger partial charge in [0.05, 0.1) is 11.4 Å². The first-order chi connectivity index (χ1) is 15.2. The molecule has 3 aromatic carbocycles. The van der Waals surface area contributed by atoms with Gasteiger partial charge in [-0.05, 0) is 48.5 Å². The summed E-state index contributed by atoms with van der Waals surface area (Å²) in [5.41, 5.74) is 0.998. The van der Waals surface area contributed by atoms with Crippen LogP contribution in [0, 0.1) is 5.82 Å². The number of rotatable bonds is 8. The highest BCUT2D eigenvalue weighted by Crippen LogP contribution is 2.29. The molecule has 0 fully saturated rings. The summed E-state index contributed by atoms with van der Waals surface area (Å²) in [6.45, 7) is 0. The molecule has 4 aromatic rings. The number of hydrogen-bond acceptors (Lipinski definition) is 7. The van der Waals surface area contributed by atoms with E-state index in [0.29, 0.717) is 9.47 Å². The van der Waals surface area contributed by atoms with Crippen LogP contribution in [0.2, 0.25) is 0 Å². The number of halogens is 1. The highest BCUT2D eigenvalue weighted by atomic mass is 32.2. The lowest BCUT2D eigenvalue weighted by atomic mass is 10.3. The van der Waals surface area contributed by atoms with Crippen LogP contribution in [0.25, 0.3) is 0 Å². The van der Waals surface area contributed by atoms with Gasteiger partial charge in [-0.15, -0.1) is 10.2 Å². The molecule has 0 aliphatic carbocycles. The Labute approximate surface area is 186 Å². The maximum Gasteiger partial charge on any atom is 0.234 e. The number of benzene rings is 3. The molecule has 31 heavy (non-hydrogen) atoms. The maximum atomic E-state index is 13.6. The monoisotopic (exact) mass is 452 g/mol. The van der Waals surface area contributed by atoms with Gasteiger partial charge >= 0.3 is 0 Å². The molecule has 6 nitrogen and oxygen atoms in total. The Morgan fingerprint density at radius 1 is 0.935 bits per heavy atom. The van der Waals surface area contributed by atoms with Crippen molar-refractivity contribution in [2.45, 2.75) is 4.34 Å². The highest BCUT2D eigenvalue weighted by molar-refractivity contribution is 8.01. The Morgan fingerprint density at radius 3 is 2.42 bits per heavy atom. The second-order valence-electron chi connectivity index (χ2n) is 6.25. The maximum absolute atomic E-state index is 13.6. The summed E-state index contributed by atoms with van der Waals surface area (Å²) in [6, 6.07) is 23.1. The molecule has 0 aliphatic heterocycles. The number of ether oxygens (including phenoxy) is 1. The third-order valence-electron chi connectivity index (χ3n) is 3.97. The van der Waals surface area contributed by atoms with Gasteiger partial charge in [-0.2, -0.15) is 0 Å². The largest absolute Gasteiger partial charge is 0.457 e. The van der Waals surface area contributed by atoms with Crippen molar-refractivity contribution in [2.75, 3.05) is 16.4 Å². The van der Waals surface area contributed by atoms with Gasteiger partial charge in [-0.3, -0.25) is 4.79 Å². The lowest BCUT2D eigenvalue weighted by Gasteiger charge is -2.07. The number of aromatic nitrogens is 2. The van der Waals surface area contributed by atoms with E-state index in [1.807, 2.05) is 54.6 Å². The summed E-state index contributed by atoms with van der Waals surface area (Å²) in [6.07, 6.45) is 0. The molecule has 156 valence electrons. The van der Waals surface area contributed by atoms with Gasteiger partial charge in [-0.1, -0.05) is 53.4 Å². The van der Waals surface area contributed by atoms with Crippen molar-refractivity contribution in [3.05, 3.63) is 84.7 Å². The van der Waals surface area contributed by atoms with E-state index >= 15 is 0 Å². The molecule has 9 heteroatoms. The second-order valence-corrected chi connectivity index (χ2v) is 8.45. The van der Waals surface area contributed by atoms with Crippen molar-refractivity contribution in [1.29, 1.82) is 0 Å². The Kier molecular flexibility index (Phi) is 6.75. The standard InChI is InChI=1S/C22H17FN4O2S2/c23-18-8-4-5-9-19(18)25-20(28)14-30-22-27-26-21(31-22)24-15-10-12-17(13-11-15)29-16-6-2-1-3-7-16/h1-13H,14H2,(H,24,26)(H,25,28). The fourth-order valence-corrected chi connectivity index (χ4v) is 4.12. The highest BCUT2D eigenvalue weighted by Gasteiger charge is 2.10. The minimum atomic E-state index is -0.469. The number of anilines is 3. The van der Waals surface area contributed by atoms with E-state index in [-0.39, 0.29) is 17.3 Å². The molecular formula is C22H17FN4O2S2. The number of hydrogen-bond donors (Lipinski definition) is 2. The van der Waals surface area contributed by atoms with Crippen LogP contribution in [0.5, 0.6) is 11.5 Å². The van der Waals surface area contributed by atoms with Crippen molar-refractivity contribution in [3.63, 3.8) is 0 Å². The predicted octanol–water partition coefficient (Wildman–Crippen LogP) is 5.94. The van der Waals surface area contributed by atoms with Crippen molar-refractivity contribution in [1.82, 2.24) is 10.2 Å². The van der Waals surface area contributed by atoms with Crippen LogP contribution in [0.4, 0.5) is 20.9 Å². The Morgan fingerprint density at radius 2 is 1.65 bits per heavy atom. The normalized spacial score (nSPS) is 10.5. The Balaban J connectivity index is 1.28. The second kappa shape index (κ2) is 10.1. The predicted molar refractivity (Wildman–Crippen MR) is 122 cm³/mol. The quantitative estimate of drug-likeness (QED) is 0.322. The van der Waals surface area contributed by atoms with Gasteiger partial charge in [0.15, 0.2) is 4.34 Å². The summed E-state index contributed by atoms with van der Waals surface area (Å²) in [5.74, 6) is 0.825. The van der Waals surface area contributed by atoms with Crippen LogP contribution in [-0.4, -0.2) is 21.9 Å². The molecule has 0 saturated heterocycles. The van der Waals surface area contributed by atoms with Crippen molar-refractivity contribution >= 4 is 45.5 Å². The molecule has 4 rings (SSSR count). The van der Waals surface area contributed by atoms with E-state index in [4.69, 9.17) is 4.74 Å². The molecule has 1 aromatic heterocycles. The molecule has 0 spiro atoms. The van der Waals surface area contributed by atoms with E-state index in [1.54, 1.807) is 12.1 Å². The first kappa shape index (κ1) is 20.8. The Bertz CT molecular complexity index is 1150. The summed E-state index contributed by atoms with van der Waals surface area (Å²) in [4.78, 5) is 12.0. The first-order valence-corrected chi connectivity index (χ1v) is 11.1. The van der Waals surface area contributed by atoms with Gasteiger partial charge in [0.1, 0.15) is 17.3 Å². The lowest BCUT2D eigenvalue weighted by molar-refractivity contribution is -0.113. The number of carbonyl (C=O) groups excluding carboxylic acids is 1. The van der Waals surface area contributed by atoms with Crippen molar-refractivity contribution < 1.29 is 13.9 Å². The first-order valence-electron chi connectivity index (χ1n) is 9.26. The molecular weight excluding hydrogens is 435 g/mol. The summed E-state index contributed by atoms with van der Waals surface area (Å²) >= 11 is 2.57. The van der Waals surface area contributed by atoms with Gasteiger partial charge in [0, 0.05) is 5.69 Å². The van der Waals surface area contributed by atoms with Crippen LogP contribution >= 0.6 is 23.1 Å². The number of nitrogens with zero attached hydrogens (tertiary/aromatic N) is 2. The average molecular weight is 453 g/mol. The van der Waals surface area contributed by atoms with Crippen LogP contribution in [0.1, 0.15) is 0 Å². The van der Waals surface area contributed by atoms with Crippen LogP contribution in [0.15, 0.2) is 83.2 Å². The van der Waals surface area contributed by atoms with Gasteiger partial charge in [0.2, 0.25) is 11.0 Å². The molecule has 0 radical (unpaired) electrons. The molecule has 2 N–H and O–H groups in total. The molecule has 0 atom stereocenters. The van der Waals surface area contributed by atoms with Gasteiger partial charge in [-0.25, -0.2) is 4.39 Å². The SMILES string of the molecule is O=C(CSc1nnc(Nc2ccc(Oc3ccccc3)cc2)s1)Nc1ccccc1F. The topological polar surface area (TPSA) is 76.1 Å². The van der Waals surface area contributed by atoms with Gasteiger partial charge < -0.3 is 15.4 Å². The molecule has 0 saturated carbocycles. The molecule has 1 amide bonds. The number of amides is 1. The minimum absolute atomic E-state index is 0.106. The van der Waals surface area contributed by atoms with Crippen LogP contribution in [-0.2, 0) is 4.79 Å². The smallest absolute Gasteiger partial charge is 0.234 e. The van der Waals surface area contributed by atoms with Crippen LogP contribution in [0.3, 0.4) is 0 Å². The number of para-hydroxylation sites is 2. The summed E-state index contributed by atoms with van der Waals surface area (Å²) in [5, 5.41) is 14.5. The zero-order valence-electron chi connectivity index (χ0n) is 16.1. The van der Waals surface area contributed by atoms with E-state index in [1.165, 1.54) is 35.2 Å². The molecule has 0 aliphatic rings. The third-order valence-corrected chi connectivity index (χ3v) is 5.94. The molecule has 1 heterocycles. The number of thioether (sulfide) groups is 1. The number of nitrogens with one attached hydrogen (secondary N) is 2. The molecule has 0 bridgehead atoms. The van der Waals surface area contributed by atoms with Crippen molar-refractivity contribution in [2.24, 2.45) is 0 Å². The third kappa shape index (κ3) is 6.03. The average Bonchev–Trinajstić information content (AvgIpc) is 3.23. The lowest BCUT2D eigenvalue weighted by Crippen LogP contribution is -2.14. The minimum Gasteiger partial charge on any atom is -0.457 e. The summed E-state index contributed by atoms with van der Waals surface area (Å²) < 4.78 is 20.0. The fraction of sp³-hybridized carbons (Fsp3) is 0.0455. The Hall–Kier alpha value is -3.43. The zero-order chi connectivity index (χ0) is 21.5. The van der Waals surface area contributed by atoms with E-state index in [2.05, 4.69) is 20.8 Å². The van der Waals surface area contributed by atoms with E-state index in [0.717, 1.165) is 17.2 Å². The molecule has 0 unspecified atom stereocenters. The van der Waals surface area contributed by atoms with E-state index in [9.17, 15) is 9.18 Å².